The highest BCUT2D eigenvalue weighted by atomic mass is 16.1. The fourth-order valence-corrected chi connectivity index (χ4v) is 2.55. The van der Waals surface area contributed by atoms with Crippen LogP contribution in [0.3, 0.4) is 0 Å². The summed E-state index contributed by atoms with van der Waals surface area (Å²) < 4.78 is 0. The molecule has 0 heterocycles. The van der Waals surface area contributed by atoms with Gasteiger partial charge in [0, 0.05) is 12.1 Å². The maximum atomic E-state index is 12.1. The van der Waals surface area contributed by atoms with E-state index >= 15 is 0 Å². The van der Waals surface area contributed by atoms with Crippen LogP contribution in [0, 0.1) is 26.2 Å². The topological polar surface area (TPSA) is 55.1 Å². The van der Waals surface area contributed by atoms with Crippen LogP contribution in [0.5, 0.6) is 0 Å². The molecule has 3 nitrogen and oxygen atoms in total. The van der Waals surface area contributed by atoms with Gasteiger partial charge in [0.1, 0.15) is 0 Å². The molecule has 0 spiro atoms. The number of nitrogens with one attached hydrogen (secondary N) is 1. The highest BCUT2D eigenvalue weighted by Gasteiger charge is 2.18. The van der Waals surface area contributed by atoms with Crippen molar-refractivity contribution in [3.8, 4) is 0 Å². The van der Waals surface area contributed by atoms with Crippen molar-refractivity contribution >= 4 is 11.6 Å². The maximum absolute atomic E-state index is 12.1. The number of aryl methyl sites for hydroxylation is 3. The van der Waals surface area contributed by atoms with Crippen LogP contribution in [0.1, 0.15) is 49.8 Å². The van der Waals surface area contributed by atoms with Crippen molar-refractivity contribution in [1.82, 2.24) is 0 Å². The maximum Gasteiger partial charge on any atom is 0.224 e. The predicted octanol–water partition coefficient (Wildman–Crippen LogP) is 3.71. The number of rotatable bonds is 6. The van der Waals surface area contributed by atoms with E-state index in [1.165, 1.54) is 5.56 Å². The van der Waals surface area contributed by atoms with E-state index in [0.29, 0.717) is 13.0 Å². The lowest BCUT2D eigenvalue weighted by Gasteiger charge is -2.23. The smallest absolute Gasteiger partial charge is 0.224 e. The van der Waals surface area contributed by atoms with Gasteiger partial charge in [-0.3, -0.25) is 4.79 Å². The summed E-state index contributed by atoms with van der Waals surface area (Å²) in [6.45, 7) is 11.1. The lowest BCUT2D eigenvalue weighted by molar-refractivity contribution is -0.116. The molecule has 0 aromatic heterocycles. The zero-order valence-corrected chi connectivity index (χ0v) is 13.5. The normalized spacial score (nSPS) is 11.5. The third-order valence-electron chi connectivity index (χ3n) is 3.79. The number of hydrogen-bond acceptors (Lipinski definition) is 2. The summed E-state index contributed by atoms with van der Waals surface area (Å²) in [4.78, 5) is 12.1. The van der Waals surface area contributed by atoms with Crippen LogP contribution < -0.4 is 11.1 Å². The molecule has 0 saturated carbocycles. The second kappa shape index (κ2) is 6.89. The van der Waals surface area contributed by atoms with E-state index in [1.54, 1.807) is 0 Å². The lowest BCUT2D eigenvalue weighted by atomic mass is 9.84. The van der Waals surface area contributed by atoms with Gasteiger partial charge in [-0.2, -0.15) is 0 Å². The number of hydrogen-bond donors (Lipinski definition) is 2. The number of amides is 1. The Labute approximate surface area is 122 Å². The molecule has 3 heteroatoms. The van der Waals surface area contributed by atoms with Gasteiger partial charge in [-0.05, 0) is 56.7 Å². The Kier molecular flexibility index (Phi) is 5.75. The summed E-state index contributed by atoms with van der Waals surface area (Å²) in [6, 6.07) is 4.20. The molecule has 0 unspecified atom stereocenters. The lowest BCUT2D eigenvalue weighted by Crippen LogP contribution is -2.21. The van der Waals surface area contributed by atoms with Gasteiger partial charge in [-0.1, -0.05) is 31.5 Å². The van der Waals surface area contributed by atoms with Crippen LogP contribution in [0.15, 0.2) is 12.1 Å². The average molecular weight is 276 g/mol. The molecule has 0 aliphatic carbocycles. The fraction of sp³-hybridized carbons (Fsp3) is 0.588. The number of benzene rings is 1. The molecule has 20 heavy (non-hydrogen) atoms. The molecule has 0 aliphatic heterocycles. The van der Waals surface area contributed by atoms with Crippen molar-refractivity contribution in [3.05, 3.63) is 28.8 Å². The highest BCUT2D eigenvalue weighted by molar-refractivity contribution is 5.92. The van der Waals surface area contributed by atoms with Crippen molar-refractivity contribution in [2.24, 2.45) is 11.1 Å². The Morgan fingerprint density at radius 2 is 1.70 bits per heavy atom. The van der Waals surface area contributed by atoms with Gasteiger partial charge in [0.25, 0.3) is 0 Å². The second-order valence-electron chi connectivity index (χ2n) is 6.52. The van der Waals surface area contributed by atoms with E-state index in [0.717, 1.165) is 29.7 Å². The Morgan fingerprint density at radius 1 is 1.15 bits per heavy atom. The Hall–Kier alpha value is -1.35. The summed E-state index contributed by atoms with van der Waals surface area (Å²) in [5.41, 5.74) is 10.2. The molecule has 0 saturated heterocycles. The molecule has 112 valence electrons. The molecule has 1 rings (SSSR count). The monoisotopic (exact) mass is 276 g/mol. The first-order chi connectivity index (χ1) is 9.25. The zero-order valence-electron chi connectivity index (χ0n) is 13.5. The minimum absolute atomic E-state index is 0.0881. The van der Waals surface area contributed by atoms with Crippen molar-refractivity contribution in [2.45, 2.75) is 53.9 Å². The van der Waals surface area contributed by atoms with Gasteiger partial charge in [0.05, 0.1) is 0 Å². The molecule has 0 radical (unpaired) electrons. The van der Waals surface area contributed by atoms with Gasteiger partial charge in [-0.15, -0.1) is 0 Å². The SMILES string of the molecule is Cc1cc(C)c(NC(=O)CCC(C)(C)CCN)c(C)c1. The molecule has 1 aromatic rings. The minimum Gasteiger partial charge on any atom is -0.330 e. The van der Waals surface area contributed by atoms with Gasteiger partial charge in [0.15, 0.2) is 0 Å². The standard InChI is InChI=1S/C17H28N2O/c1-12-10-13(2)16(14(3)11-12)19-15(20)6-7-17(4,5)8-9-18/h10-11H,6-9,18H2,1-5H3,(H,19,20). The molecule has 0 atom stereocenters. The van der Waals surface area contributed by atoms with E-state index < -0.39 is 0 Å². The molecule has 1 amide bonds. The third kappa shape index (κ3) is 4.97. The summed E-state index contributed by atoms with van der Waals surface area (Å²) in [5.74, 6) is 0.0881. The van der Waals surface area contributed by atoms with Crippen molar-refractivity contribution in [1.29, 1.82) is 0 Å². The van der Waals surface area contributed by atoms with Gasteiger partial charge in [0.2, 0.25) is 5.91 Å². The van der Waals surface area contributed by atoms with E-state index in [4.69, 9.17) is 5.73 Å². The number of carbonyl (C=O) groups is 1. The minimum atomic E-state index is 0.0881. The van der Waals surface area contributed by atoms with Gasteiger partial charge >= 0.3 is 0 Å². The van der Waals surface area contributed by atoms with Gasteiger partial charge < -0.3 is 11.1 Å². The molecule has 3 N–H and O–H groups in total. The Morgan fingerprint density at radius 3 is 2.20 bits per heavy atom. The number of carbonyl (C=O) groups excluding carboxylic acids is 1. The molecule has 0 fully saturated rings. The second-order valence-corrected chi connectivity index (χ2v) is 6.52. The quantitative estimate of drug-likeness (QED) is 0.832. The van der Waals surface area contributed by atoms with Crippen LogP contribution in [-0.4, -0.2) is 12.5 Å². The molecular formula is C17H28N2O. The summed E-state index contributed by atoms with van der Waals surface area (Å²) in [5, 5.41) is 3.05. The first kappa shape index (κ1) is 16.7. The van der Waals surface area contributed by atoms with Crippen molar-refractivity contribution in [3.63, 3.8) is 0 Å². The zero-order chi connectivity index (χ0) is 15.3. The molecule has 0 aliphatic rings. The summed E-state index contributed by atoms with van der Waals surface area (Å²) >= 11 is 0. The van der Waals surface area contributed by atoms with Crippen molar-refractivity contribution < 1.29 is 4.79 Å². The van der Waals surface area contributed by atoms with E-state index in [9.17, 15) is 4.79 Å². The number of anilines is 1. The van der Waals surface area contributed by atoms with Crippen LogP contribution >= 0.6 is 0 Å². The fourth-order valence-electron chi connectivity index (χ4n) is 2.55. The summed E-state index contributed by atoms with van der Waals surface area (Å²) in [6.07, 6.45) is 2.35. The van der Waals surface area contributed by atoms with Crippen LogP contribution in [0.4, 0.5) is 5.69 Å². The van der Waals surface area contributed by atoms with Crippen molar-refractivity contribution in [2.75, 3.05) is 11.9 Å². The first-order valence-corrected chi connectivity index (χ1v) is 7.33. The Balaban J connectivity index is 2.64. The van der Waals surface area contributed by atoms with Crippen LogP contribution in [-0.2, 0) is 4.79 Å². The Bertz CT molecular complexity index is 455. The van der Waals surface area contributed by atoms with E-state index in [1.807, 2.05) is 13.8 Å². The largest absolute Gasteiger partial charge is 0.330 e. The molecule has 0 bridgehead atoms. The first-order valence-electron chi connectivity index (χ1n) is 7.33. The summed E-state index contributed by atoms with van der Waals surface area (Å²) in [7, 11) is 0. The van der Waals surface area contributed by atoms with E-state index in [-0.39, 0.29) is 11.3 Å². The highest BCUT2D eigenvalue weighted by Crippen LogP contribution is 2.27. The average Bonchev–Trinajstić information content (AvgIpc) is 2.31. The predicted molar refractivity (Wildman–Crippen MR) is 86.0 cm³/mol. The molecule has 1 aromatic carbocycles. The third-order valence-corrected chi connectivity index (χ3v) is 3.79. The molecular weight excluding hydrogens is 248 g/mol. The van der Waals surface area contributed by atoms with Crippen LogP contribution in [0.25, 0.3) is 0 Å². The number of nitrogens with two attached hydrogens (primary N) is 1. The van der Waals surface area contributed by atoms with Crippen LogP contribution in [0.2, 0.25) is 0 Å². The van der Waals surface area contributed by atoms with E-state index in [2.05, 4.69) is 38.2 Å². The van der Waals surface area contributed by atoms with Gasteiger partial charge in [-0.25, -0.2) is 0 Å².